The Morgan fingerprint density at radius 1 is 1.31 bits per heavy atom. The van der Waals surface area contributed by atoms with Crippen LogP contribution in [0.2, 0.25) is 0 Å². The summed E-state index contributed by atoms with van der Waals surface area (Å²) >= 11 is 1.15. The number of aliphatic hydroxyl groups excluding tert-OH is 2. The molecule has 0 bridgehead atoms. The molecule has 1 heterocycles. The molecule has 158 valence electrons. The Morgan fingerprint density at radius 3 is 2.69 bits per heavy atom. The van der Waals surface area contributed by atoms with Gasteiger partial charge in [0.05, 0.1) is 28.8 Å². The predicted molar refractivity (Wildman–Crippen MR) is 113 cm³/mol. The van der Waals surface area contributed by atoms with Crippen molar-refractivity contribution < 1.29 is 24.2 Å². The van der Waals surface area contributed by atoms with E-state index < -0.39 is 24.4 Å². The summed E-state index contributed by atoms with van der Waals surface area (Å²) in [6, 6.07) is 4.72. The number of benzene rings is 1. The third-order valence-electron chi connectivity index (χ3n) is 4.40. The summed E-state index contributed by atoms with van der Waals surface area (Å²) in [6.45, 7) is 5.19. The number of amides is 1. The molecule has 0 radical (unpaired) electrons. The number of carbonyl (C=O) groups excluding carboxylic acids is 2. The van der Waals surface area contributed by atoms with Crippen LogP contribution in [-0.2, 0) is 6.42 Å². The third-order valence-corrected chi connectivity index (χ3v) is 5.59. The summed E-state index contributed by atoms with van der Waals surface area (Å²) in [5.41, 5.74) is 1.95. The van der Waals surface area contributed by atoms with Gasteiger partial charge in [0.1, 0.15) is 10.8 Å². The number of thiophene rings is 1. The maximum absolute atomic E-state index is 14.2. The van der Waals surface area contributed by atoms with Gasteiger partial charge in [-0.05, 0) is 43.0 Å². The highest BCUT2D eigenvalue weighted by molar-refractivity contribution is 7.18. The van der Waals surface area contributed by atoms with Crippen LogP contribution < -0.4 is 10.6 Å². The van der Waals surface area contributed by atoms with E-state index in [9.17, 15) is 19.1 Å². The van der Waals surface area contributed by atoms with Crippen molar-refractivity contribution in [2.24, 2.45) is 0 Å². The second kappa shape index (κ2) is 10.5. The van der Waals surface area contributed by atoms with E-state index in [0.717, 1.165) is 16.9 Å². The lowest BCUT2D eigenvalue weighted by molar-refractivity contribution is 0.0802. The van der Waals surface area contributed by atoms with E-state index >= 15 is 0 Å². The van der Waals surface area contributed by atoms with E-state index in [1.807, 2.05) is 13.8 Å². The molecule has 1 amide bonds. The van der Waals surface area contributed by atoms with Gasteiger partial charge in [-0.2, -0.15) is 0 Å². The Balaban J connectivity index is 0.00000145. The molecule has 1 aromatic carbocycles. The van der Waals surface area contributed by atoms with E-state index in [1.165, 1.54) is 6.07 Å². The summed E-state index contributed by atoms with van der Waals surface area (Å²) in [7, 11) is 0. The van der Waals surface area contributed by atoms with Crippen molar-refractivity contribution in [1.82, 2.24) is 5.32 Å². The number of ketones is 1. The molecule has 0 fully saturated rings. The molecular weight excluding hydrogens is 395 g/mol. The minimum atomic E-state index is -1.07. The number of Topliss-reactive ketones (excluding diaryl/α,β-unsaturated/α-hetero) is 1. The minimum absolute atomic E-state index is 0.0249. The predicted octanol–water partition coefficient (Wildman–Crippen LogP) is 3.57. The van der Waals surface area contributed by atoms with Gasteiger partial charge in [0.25, 0.3) is 5.91 Å². The fraction of sp³-hybridized carbons (Fsp3) is 0.429. The molecular formula is C21H27FN2O4S. The number of aryl methyl sites for hydroxylation is 1. The van der Waals surface area contributed by atoms with Crippen LogP contribution in [-0.4, -0.2) is 41.2 Å². The fourth-order valence-corrected chi connectivity index (χ4v) is 4.23. The molecule has 2 aromatic rings. The summed E-state index contributed by atoms with van der Waals surface area (Å²) in [5.74, 6) is -0.942. The van der Waals surface area contributed by atoms with Gasteiger partial charge >= 0.3 is 0 Å². The molecule has 1 atom stereocenters. The fourth-order valence-electron chi connectivity index (χ4n) is 3.00. The average molecular weight is 423 g/mol. The van der Waals surface area contributed by atoms with Crippen LogP contribution in [0.15, 0.2) is 18.2 Å². The van der Waals surface area contributed by atoms with E-state index in [4.69, 9.17) is 5.11 Å². The quantitative estimate of drug-likeness (QED) is 0.571. The minimum Gasteiger partial charge on any atom is -0.394 e. The second-order valence-corrected chi connectivity index (χ2v) is 7.57. The van der Waals surface area contributed by atoms with Crippen molar-refractivity contribution in [3.8, 4) is 0 Å². The molecule has 1 aliphatic rings. The van der Waals surface area contributed by atoms with Gasteiger partial charge in [-0.1, -0.05) is 19.9 Å². The van der Waals surface area contributed by atoms with E-state index in [-0.39, 0.29) is 18.0 Å². The Hall–Kier alpha value is -2.29. The second-order valence-electron chi connectivity index (χ2n) is 6.55. The Labute approximate surface area is 173 Å². The first kappa shape index (κ1) is 23.0. The summed E-state index contributed by atoms with van der Waals surface area (Å²) in [5, 5.41) is 24.3. The third kappa shape index (κ3) is 5.41. The zero-order valence-electron chi connectivity index (χ0n) is 16.8. The van der Waals surface area contributed by atoms with Crippen LogP contribution in [0, 0.1) is 12.7 Å². The maximum Gasteiger partial charge on any atom is 0.254 e. The molecule has 29 heavy (non-hydrogen) atoms. The zero-order chi connectivity index (χ0) is 21.6. The first-order valence-corrected chi connectivity index (χ1v) is 10.5. The largest absolute Gasteiger partial charge is 0.394 e. The molecule has 4 N–H and O–H groups in total. The first-order valence-electron chi connectivity index (χ1n) is 9.70. The van der Waals surface area contributed by atoms with Crippen LogP contribution in [0.5, 0.6) is 0 Å². The molecule has 0 saturated carbocycles. The van der Waals surface area contributed by atoms with Crippen LogP contribution in [0.25, 0.3) is 0 Å². The molecule has 0 saturated heterocycles. The standard InChI is InChI=1S/C19H21FN2O4S.C2H6/c1-10-5-6-14(13(20)7-10)22-19-16(18(26)21-8-11(24)9-23)12-3-2-4-15(25)17(12)27-19;1-2/h5-7,11,22-24H,2-4,8-9H2,1H3,(H,21,26);1-2H3. The van der Waals surface area contributed by atoms with Crippen molar-refractivity contribution in [1.29, 1.82) is 0 Å². The van der Waals surface area contributed by atoms with Crippen molar-refractivity contribution in [3.05, 3.63) is 45.6 Å². The summed E-state index contributed by atoms with van der Waals surface area (Å²) in [4.78, 5) is 25.5. The van der Waals surface area contributed by atoms with Gasteiger partial charge in [0.2, 0.25) is 0 Å². The Morgan fingerprint density at radius 2 is 2.03 bits per heavy atom. The molecule has 1 aromatic heterocycles. The number of anilines is 2. The van der Waals surface area contributed by atoms with Crippen molar-refractivity contribution in [3.63, 3.8) is 0 Å². The van der Waals surface area contributed by atoms with Crippen molar-refractivity contribution in [2.75, 3.05) is 18.5 Å². The van der Waals surface area contributed by atoms with Crippen molar-refractivity contribution >= 4 is 33.7 Å². The molecule has 0 spiro atoms. The molecule has 8 heteroatoms. The summed E-state index contributed by atoms with van der Waals surface area (Å²) in [6.07, 6.45) is 0.591. The van der Waals surface area contributed by atoms with Crippen LogP contribution in [0.4, 0.5) is 15.1 Å². The van der Waals surface area contributed by atoms with Gasteiger partial charge in [-0.15, -0.1) is 11.3 Å². The summed E-state index contributed by atoms with van der Waals surface area (Å²) < 4.78 is 14.2. The molecule has 1 aliphatic carbocycles. The average Bonchev–Trinajstić information content (AvgIpc) is 3.09. The number of hydrogen-bond donors (Lipinski definition) is 4. The molecule has 3 rings (SSSR count). The molecule has 0 aliphatic heterocycles. The highest BCUT2D eigenvalue weighted by atomic mass is 32.1. The number of rotatable bonds is 6. The maximum atomic E-state index is 14.2. The molecule has 1 unspecified atom stereocenters. The highest BCUT2D eigenvalue weighted by Gasteiger charge is 2.29. The number of carbonyl (C=O) groups is 2. The van der Waals surface area contributed by atoms with Gasteiger partial charge in [0, 0.05) is 13.0 Å². The number of aliphatic hydroxyl groups is 2. The smallest absolute Gasteiger partial charge is 0.254 e. The monoisotopic (exact) mass is 422 g/mol. The normalized spacial score (nSPS) is 13.8. The van der Waals surface area contributed by atoms with Crippen molar-refractivity contribution in [2.45, 2.75) is 46.1 Å². The molecule has 6 nitrogen and oxygen atoms in total. The topological polar surface area (TPSA) is 98.7 Å². The number of fused-ring (bicyclic) bond motifs is 1. The highest BCUT2D eigenvalue weighted by Crippen LogP contribution is 2.39. The lowest BCUT2D eigenvalue weighted by atomic mass is 9.94. The number of halogens is 1. The van der Waals surface area contributed by atoms with Gasteiger partial charge < -0.3 is 20.8 Å². The van der Waals surface area contributed by atoms with Gasteiger partial charge in [-0.25, -0.2) is 4.39 Å². The van der Waals surface area contributed by atoms with E-state index in [0.29, 0.717) is 40.3 Å². The van der Waals surface area contributed by atoms with Crippen LogP contribution in [0.3, 0.4) is 0 Å². The number of nitrogens with one attached hydrogen (secondary N) is 2. The lowest BCUT2D eigenvalue weighted by Crippen LogP contribution is -2.34. The Kier molecular flexibility index (Phi) is 8.31. The SMILES string of the molecule is CC.Cc1ccc(Nc2sc3c(c2C(=O)NCC(O)CO)CCCC3=O)c(F)c1. The van der Waals surface area contributed by atoms with Gasteiger partial charge in [0.15, 0.2) is 5.78 Å². The van der Waals surface area contributed by atoms with E-state index in [2.05, 4.69) is 10.6 Å². The van der Waals surface area contributed by atoms with Crippen LogP contribution >= 0.6 is 11.3 Å². The van der Waals surface area contributed by atoms with Gasteiger partial charge in [-0.3, -0.25) is 9.59 Å². The lowest BCUT2D eigenvalue weighted by Gasteiger charge is -2.14. The Bertz CT molecular complexity index is 882. The number of hydrogen-bond acceptors (Lipinski definition) is 6. The van der Waals surface area contributed by atoms with Crippen LogP contribution in [0.1, 0.15) is 57.8 Å². The zero-order valence-corrected chi connectivity index (χ0v) is 17.7. The first-order chi connectivity index (χ1) is 13.9. The van der Waals surface area contributed by atoms with E-state index in [1.54, 1.807) is 19.1 Å².